The predicted molar refractivity (Wildman–Crippen MR) is 127 cm³/mol. The molecule has 0 radical (unpaired) electrons. The van der Waals surface area contributed by atoms with Gasteiger partial charge < -0.3 is 20.3 Å². The molecule has 1 heterocycles. The van der Waals surface area contributed by atoms with Gasteiger partial charge in [0.25, 0.3) is 11.8 Å². The highest BCUT2D eigenvalue weighted by atomic mass is 19.1. The van der Waals surface area contributed by atoms with Crippen LogP contribution in [0.25, 0.3) is 0 Å². The monoisotopic (exact) mass is 469 g/mol. The average Bonchev–Trinajstić information content (AvgIpc) is 2.86. The molecule has 8 heteroatoms. The zero-order chi connectivity index (χ0) is 24.7. The van der Waals surface area contributed by atoms with E-state index in [1.54, 1.807) is 35.2 Å². The fourth-order valence-corrected chi connectivity index (χ4v) is 4.12. The Kier molecular flexibility index (Phi) is 8.62. The lowest BCUT2D eigenvalue weighted by Crippen LogP contribution is -2.55. The van der Waals surface area contributed by atoms with Crippen LogP contribution < -0.4 is 15.4 Å². The summed E-state index contributed by atoms with van der Waals surface area (Å²) in [7, 11) is 1.52. The van der Waals surface area contributed by atoms with E-state index >= 15 is 0 Å². The van der Waals surface area contributed by atoms with Gasteiger partial charge in [0.05, 0.1) is 18.2 Å². The van der Waals surface area contributed by atoms with Crippen molar-refractivity contribution in [3.8, 4) is 5.75 Å². The molecule has 34 heavy (non-hydrogen) atoms. The number of piperidine rings is 1. The van der Waals surface area contributed by atoms with Gasteiger partial charge in [-0.25, -0.2) is 4.39 Å². The number of benzene rings is 2. The van der Waals surface area contributed by atoms with Gasteiger partial charge in [-0.3, -0.25) is 14.4 Å². The number of hydrogen-bond acceptors (Lipinski definition) is 4. The number of halogens is 1. The number of para-hydroxylation sites is 1. The van der Waals surface area contributed by atoms with Crippen LogP contribution in [0.1, 0.15) is 53.8 Å². The van der Waals surface area contributed by atoms with Crippen molar-refractivity contribution in [1.82, 2.24) is 15.5 Å². The molecule has 2 unspecified atom stereocenters. The highest BCUT2D eigenvalue weighted by molar-refractivity contribution is 5.98. The summed E-state index contributed by atoms with van der Waals surface area (Å²) in [6.45, 7) is 4.72. The number of rotatable bonds is 8. The Hall–Kier alpha value is -3.42. The predicted octanol–water partition coefficient (Wildman–Crippen LogP) is 3.40. The zero-order valence-corrected chi connectivity index (χ0v) is 19.8. The summed E-state index contributed by atoms with van der Waals surface area (Å²) in [6.07, 6.45) is 1.79. The molecule has 3 rings (SSSR count). The Balaban J connectivity index is 1.73. The summed E-state index contributed by atoms with van der Waals surface area (Å²) in [5, 5.41) is 5.68. The minimum absolute atomic E-state index is 0.0624. The lowest BCUT2D eigenvalue weighted by Gasteiger charge is -2.36. The quantitative estimate of drug-likeness (QED) is 0.620. The fraction of sp³-hybridized carbons (Fsp3) is 0.423. The summed E-state index contributed by atoms with van der Waals surface area (Å²) < 4.78 is 19.5. The Morgan fingerprint density at radius 2 is 1.65 bits per heavy atom. The topological polar surface area (TPSA) is 87.7 Å². The molecular weight excluding hydrogens is 437 g/mol. The molecule has 0 aromatic heterocycles. The van der Waals surface area contributed by atoms with E-state index in [1.165, 1.54) is 25.3 Å². The number of ether oxygens (including phenoxy) is 1. The second kappa shape index (κ2) is 11.6. The Bertz CT molecular complexity index is 1020. The molecule has 7 nitrogen and oxygen atoms in total. The van der Waals surface area contributed by atoms with E-state index in [0.29, 0.717) is 37.2 Å². The van der Waals surface area contributed by atoms with Crippen molar-refractivity contribution in [2.24, 2.45) is 5.92 Å². The third kappa shape index (κ3) is 5.92. The van der Waals surface area contributed by atoms with Crippen molar-refractivity contribution in [3.63, 3.8) is 0 Å². The van der Waals surface area contributed by atoms with Crippen LogP contribution in [-0.2, 0) is 4.79 Å². The van der Waals surface area contributed by atoms with Crippen LogP contribution in [-0.4, -0.2) is 54.9 Å². The van der Waals surface area contributed by atoms with E-state index in [0.717, 1.165) is 6.42 Å². The van der Waals surface area contributed by atoms with Gasteiger partial charge >= 0.3 is 0 Å². The molecule has 1 fully saturated rings. The first kappa shape index (κ1) is 25.2. The number of carbonyl (C=O) groups excluding carboxylic acids is 3. The summed E-state index contributed by atoms with van der Waals surface area (Å²) in [5.74, 6) is -1.38. The van der Waals surface area contributed by atoms with Crippen molar-refractivity contribution in [2.45, 2.75) is 45.2 Å². The van der Waals surface area contributed by atoms with Gasteiger partial charge in [0.1, 0.15) is 17.6 Å². The molecule has 2 aromatic rings. The van der Waals surface area contributed by atoms with Gasteiger partial charge in [0.15, 0.2) is 0 Å². The smallest absolute Gasteiger partial charge is 0.257 e. The summed E-state index contributed by atoms with van der Waals surface area (Å²) in [5.41, 5.74) is 0.384. The van der Waals surface area contributed by atoms with Crippen LogP contribution in [0.15, 0.2) is 48.5 Å². The van der Waals surface area contributed by atoms with Gasteiger partial charge in [-0.2, -0.15) is 0 Å². The minimum atomic E-state index is -0.829. The van der Waals surface area contributed by atoms with Gasteiger partial charge in [-0.1, -0.05) is 31.2 Å². The first-order valence-corrected chi connectivity index (χ1v) is 11.6. The van der Waals surface area contributed by atoms with E-state index in [1.807, 2.05) is 13.8 Å². The van der Waals surface area contributed by atoms with Gasteiger partial charge in [0.2, 0.25) is 5.91 Å². The molecule has 1 aliphatic rings. The number of hydrogen-bond donors (Lipinski definition) is 2. The number of amides is 3. The molecule has 0 aliphatic carbocycles. The number of carbonyl (C=O) groups is 3. The molecule has 2 N–H and O–H groups in total. The average molecular weight is 470 g/mol. The van der Waals surface area contributed by atoms with E-state index in [4.69, 9.17) is 4.74 Å². The number of methoxy groups -OCH3 is 1. The summed E-state index contributed by atoms with van der Waals surface area (Å²) in [4.78, 5) is 40.6. The molecule has 1 aliphatic heterocycles. The fourth-order valence-electron chi connectivity index (χ4n) is 4.12. The zero-order valence-electron chi connectivity index (χ0n) is 19.8. The van der Waals surface area contributed by atoms with Crippen molar-refractivity contribution in [1.29, 1.82) is 0 Å². The molecule has 1 saturated heterocycles. The normalized spacial score (nSPS) is 15.8. The SMILES string of the molecule is CCC(C)NC(=O)C(NC(=O)c1ccccc1F)C1CCN(C(=O)c2ccccc2OC)CC1. The van der Waals surface area contributed by atoms with Crippen LogP contribution >= 0.6 is 0 Å². The van der Waals surface area contributed by atoms with E-state index in [-0.39, 0.29) is 29.3 Å². The van der Waals surface area contributed by atoms with Gasteiger partial charge in [0, 0.05) is 19.1 Å². The molecule has 2 atom stereocenters. The van der Waals surface area contributed by atoms with Crippen molar-refractivity contribution in [3.05, 3.63) is 65.5 Å². The maximum Gasteiger partial charge on any atom is 0.257 e. The molecular formula is C26H32FN3O4. The maximum absolute atomic E-state index is 14.1. The lowest BCUT2D eigenvalue weighted by molar-refractivity contribution is -0.125. The Morgan fingerprint density at radius 1 is 1.03 bits per heavy atom. The standard InChI is InChI=1S/C26H32FN3O4/c1-4-17(2)28-25(32)23(29-24(31)19-9-5-7-11-21(19)27)18-13-15-30(16-14-18)26(33)20-10-6-8-12-22(20)34-3/h5-12,17-18,23H,4,13-16H2,1-3H3,(H,28,32)(H,29,31). The Labute approximate surface area is 199 Å². The minimum Gasteiger partial charge on any atom is -0.496 e. The molecule has 3 amide bonds. The Morgan fingerprint density at radius 3 is 2.26 bits per heavy atom. The van der Waals surface area contributed by atoms with Crippen molar-refractivity contribution in [2.75, 3.05) is 20.2 Å². The molecule has 2 aromatic carbocycles. The number of nitrogens with one attached hydrogen (secondary N) is 2. The maximum atomic E-state index is 14.1. The van der Waals surface area contributed by atoms with Crippen LogP contribution in [0, 0.1) is 11.7 Å². The largest absolute Gasteiger partial charge is 0.496 e. The molecule has 182 valence electrons. The summed E-state index contributed by atoms with van der Waals surface area (Å²) >= 11 is 0. The highest BCUT2D eigenvalue weighted by Crippen LogP contribution is 2.26. The van der Waals surface area contributed by atoms with Gasteiger partial charge in [-0.05, 0) is 56.4 Å². The van der Waals surface area contributed by atoms with Crippen LogP contribution in [0.4, 0.5) is 4.39 Å². The number of likely N-dealkylation sites (tertiary alicyclic amines) is 1. The van der Waals surface area contributed by atoms with Gasteiger partial charge in [-0.15, -0.1) is 0 Å². The van der Waals surface area contributed by atoms with Crippen molar-refractivity contribution >= 4 is 17.7 Å². The summed E-state index contributed by atoms with van der Waals surface area (Å²) in [6, 6.07) is 11.9. The van der Waals surface area contributed by atoms with Crippen LogP contribution in [0.5, 0.6) is 5.75 Å². The highest BCUT2D eigenvalue weighted by Gasteiger charge is 2.35. The second-order valence-electron chi connectivity index (χ2n) is 8.58. The third-order valence-corrected chi connectivity index (χ3v) is 6.32. The van der Waals surface area contributed by atoms with E-state index in [9.17, 15) is 18.8 Å². The van der Waals surface area contributed by atoms with Crippen LogP contribution in [0.2, 0.25) is 0 Å². The lowest BCUT2D eigenvalue weighted by atomic mass is 9.88. The first-order chi connectivity index (χ1) is 16.3. The van der Waals surface area contributed by atoms with E-state index < -0.39 is 17.8 Å². The third-order valence-electron chi connectivity index (χ3n) is 6.32. The molecule has 0 spiro atoms. The molecule has 0 saturated carbocycles. The first-order valence-electron chi connectivity index (χ1n) is 11.6. The van der Waals surface area contributed by atoms with E-state index in [2.05, 4.69) is 10.6 Å². The van der Waals surface area contributed by atoms with Crippen LogP contribution in [0.3, 0.4) is 0 Å². The van der Waals surface area contributed by atoms with Crippen molar-refractivity contribution < 1.29 is 23.5 Å². The molecule has 0 bridgehead atoms. The number of nitrogens with zero attached hydrogens (tertiary/aromatic N) is 1. The second-order valence-corrected chi connectivity index (χ2v) is 8.58.